The number of benzene rings is 1. The van der Waals surface area contributed by atoms with Gasteiger partial charge >= 0.3 is 6.09 Å². The number of nitrogens with one attached hydrogen (secondary N) is 1. The van der Waals surface area contributed by atoms with Gasteiger partial charge in [-0.1, -0.05) is 23.7 Å². The molecule has 1 aromatic rings. The van der Waals surface area contributed by atoms with E-state index >= 15 is 0 Å². The summed E-state index contributed by atoms with van der Waals surface area (Å²) in [7, 11) is 2.07. The van der Waals surface area contributed by atoms with Crippen LogP contribution in [0.1, 0.15) is 52.5 Å². The van der Waals surface area contributed by atoms with Crippen LogP contribution < -0.4 is 5.32 Å². The molecule has 2 aliphatic rings. The molecule has 0 aliphatic carbocycles. The van der Waals surface area contributed by atoms with Gasteiger partial charge in [-0.3, -0.25) is 9.69 Å². The summed E-state index contributed by atoms with van der Waals surface area (Å²) >= 11 is 8.77. The molecule has 2 fully saturated rings. The van der Waals surface area contributed by atoms with Crippen molar-refractivity contribution in [3.63, 3.8) is 0 Å². The molecule has 9 heteroatoms. The number of carbonyl (C=O) groups excluding carboxylic acids is 2. The fraction of sp³-hybridized carbons (Fsp3) is 0.591. The lowest BCUT2D eigenvalue weighted by Gasteiger charge is -2.46. The van der Waals surface area contributed by atoms with Crippen molar-refractivity contribution in [2.24, 2.45) is 4.99 Å². The molecule has 170 valence electrons. The third-order valence-corrected chi connectivity index (χ3v) is 7.20. The average Bonchev–Trinajstić information content (AvgIpc) is 2.63. The largest absolute Gasteiger partial charge is 0.442 e. The Labute approximate surface area is 202 Å². The highest BCUT2D eigenvalue weighted by molar-refractivity contribution is 14.1. The van der Waals surface area contributed by atoms with Gasteiger partial charge in [-0.2, -0.15) is 0 Å². The molecule has 2 saturated heterocycles. The fourth-order valence-electron chi connectivity index (χ4n) is 4.03. The van der Waals surface area contributed by atoms with E-state index in [1.54, 1.807) is 25.7 Å². The summed E-state index contributed by atoms with van der Waals surface area (Å²) in [6, 6.07) is 5.71. The van der Waals surface area contributed by atoms with Crippen LogP contribution in [0.5, 0.6) is 0 Å². The first-order valence-electron chi connectivity index (χ1n) is 10.4. The van der Waals surface area contributed by atoms with E-state index in [-0.39, 0.29) is 24.3 Å². The number of amides is 2. The molecule has 31 heavy (non-hydrogen) atoms. The molecular formula is C22H30ClIN4O3. The first-order valence-corrected chi connectivity index (χ1v) is 11.9. The Kier molecular flexibility index (Phi) is 7.22. The second kappa shape index (κ2) is 9.23. The highest BCUT2D eigenvalue weighted by atomic mass is 127. The summed E-state index contributed by atoms with van der Waals surface area (Å²) in [5.41, 5.74) is -0.673. The third kappa shape index (κ3) is 5.70. The van der Waals surface area contributed by atoms with Gasteiger partial charge in [0.25, 0.3) is 0 Å². The van der Waals surface area contributed by atoms with Crippen LogP contribution in [0.4, 0.5) is 4.79 Å². The van der Waals surface area contributed by atoms with Crippen molar-refractivity contribution in [2.75, 3.05) is 20.1 Å². The standard InChI is InChI=1S/C22H30ClIN4O3/c1-21(2,3)31-20(30)25-19-26-22(4,15-7-6-8-16(24)18(15)23)13-17(29)28(19)14-9-11-27(5)12-10-14/h6-8,14H,9-13H2,1-5H3,(H,25,26,30)/t22-/m0/s1. The van der Waals surface area contributed by atoms with E-state index in [4.69, 9.17) is 16.3 Å². The van der Waals surface area contributed by atoms with Crippen LogP contribution in [0, 0.1) is 3.57 Å². The third-order valence-electron chi connectivity index (χ3n) is 5.58. The van der Waals surface area contributed by atoms with Crippen LogP contribution in [0.2, 0.25) is 5.02 Å². The molecule has 0 unspecified atom stereocenters. The molecule has 0 aromatic heterocycles. The van der Waals surface area contributed by atoms with Crippen LogP contribution in [0.3, 0.4) is 0 Å². The van der Waals surface area contributed by atoms with E-state index in [1.807, 2.05) is 25.1 Å². The number of likely N-dealkylation sites (tertiary alicyclic amines) is 1. The Morgan fingerprint density at radius 3 is 2.58 bits per heavy atom. The Morgan fingerprint density at radius 2 is 1.97 bits per heavy atom. The Hall–Kier alpha value is -1.39. The minimum atomic E-state index is -0.793. The number of piperidine rings is 1. The fourth-order valence-corrected chi connectivity index (χ4v) is 4.86. The van der Waals surface area contributed by atoms with E-state index in [1.165, 1.54) is 0 Å². The van der Waals surface area contributed by atoms with Crippen molar-refractivity contribution >= 4 is 52.2 Å². The van der Waals surface area contributed by atoms with Gasteiger partial charge in [0.05, 0.1) is 17.0 Å². The first kappa shape index (κ1) is 24.3. The van der Waals surface area contributed by atoms with Crippen molar-refractivity contribution in [3.8, 4) is 0 Å². The second-order valence-electron chi connectivity index (χ2n) is 9.45. The minimum absolute atomic E-state index is 0.0201. The van der Waals surface area contributed by atoms with Gasteiger partial charge in [-0.15, -0.1) is 4.99 Å². The molecule has 2 aliphatic heterocycles. The molecule has 3 rings (SSSR count). The predicted octanol–water partition coefficient (Wildman–Crippen LogP) is 4.37. The zero-order valence-electron chi connectivity index (χ0n) is 18.7. The number of carbonyl (C=O) groups is 2. The molecule has 2 amide bonds. The van der Waals surface area contributed by atoms with Gasteiger partial charge < -0.3 is 15.0 Å². The summed E-state index contributed by atoms with van der Waals surface area (Å²) < 4.78 is 6.30. The number of ether oxygens (including phenoxy) is 1. The quantitative estimate of drug-likeness (QED) is 0.544. The van der Waals surface area contributed by atoms with Crippen molar-refractivity contribution in [2.45, 2.75) is 64.1 Å². The number of hydrogen-bond acceptors (Lipinski definition) is 4. The lowest BCUT2D eigenvalue weighted by atomic mass is 9.85. The van der Waals surface area contributed by atoms with Gasteiger partial charge in [0.1, 0.15) is 5.60 Å². The SMILES string of the molecule is CN1CCC(N2C(=O)C[C@@](C)(c3cccc(I)c3Cl)N/C2=N\C(=O)OC(C)(C)C)CC1. The van der Waals surface area contributed by atoms with Crippen LogP contribution in [0.25, 0.3) is 0 Å². The maximum atomic E-state index is 13.4. The smallest absolute Gasteiger partial charge is 0.437 e. The van der Waals surface area contributed by atoms with Crippen LogP contribution in [-0.2, 0) is 15.1 Å². The monoisotopic (exact) mass is 560 g/mol. The molecule has 1 N–H and O–H groups in total. The molecule has 0 spiro atoms. The molecule has 2 heterocycles. The Morgan fingerprint density at radius 1 is 1.32 bits per heavy atom. The molecule has 1 aromatic carbocycles. The predicted molar refractivity (Wildman–Crippen MR) is 130 cm³/mol. The van der Waals surface area contributed by atoms with E-state index in [9.17, 15) is 9.59 Å². The summed E-state index contributed by atoms with van der Waals surface area (Å²) in [5, 5.41) is 3.97. The molecule has 0 radical (unpaired) electrons. The van der Waals surface area contributed by atoms with Crippen molar-refractivity contribution < 1.29 is 14.3 Å². The number of guanidine groups is 1. The summed E-state index contributed by atoms with van der Waals surface area (Å²) in [5.74, 6) is 0.158. The normalized spacial score (nSPS) is 24.9. The molecule has 0 bridgehead atoms. The summed E-state index contributed by atoms with van der Waals surface area (Å²) in [6.45, 7) is 9.04. The van der Waals surface area contributed by atoms with E-state index in [0.717, 1.165) is 35.1 Å². The molecule has 7 nitrogen and oxygen atoms in total. The van der Waals surface area contributed by atoms with E-state index in [2.05, 4.69) is 44.8 Å². The lowest BCUT2D eigenvalue weighted by Crippen LogP contribution is -2.63. The van der Waals surface area contributed by atoms with Gasteiger partial charge in [-0.05, 0) is 94.9 Å². The van der Waals surface area contributed by atoms with Gasteiger partial charge in [0.2, 0.25) is 11.9 Å². The maximum Gasteiger partial charge on any atom is 0.437 e. The van der Waals surface area contributed by atoms with E-state index in [0.29, 0.717) is 5.02 Å². The first-order chi connectivity index (χ1) is 14.4. The highest BCUT2D eigenvalue weighted by Crippen LogP contribution is 2.37. The second-order valence-corrected chi connectivity index (χ2v) is 11.0. The van der Waals surface area contributed by atoms with Gasteiger partial charge in [-0.25, -0.2) is 4.79 Å². The maximum absolute atomic E-state index is 13.4. The average molecular weight is 561 g/mol. The number of hydrogen-bond donors (Lipinski definition) is 1. The number of nitrogens with zero attached hydrogens (tertiary/aromatic N) is 3. The summed E-state index contributed by atoms with van der Waals surface area (Å²) in [6.07, 6.45) is 1.13. The number of rotatable bonds is 2. The van der Waals surface area contributed by atoms with E-state index < -0.39 is 17.2 Å². The van der Waals surface area contributed by atoms with Crippen molar-refractivity contribution in [1.82, 2.24) is 15.1 Å². The Bertz CT molecular complexity index is 893. The zero-order valence-corrected chi connectivity index (χ0v) is 21.6. The van der Waals surface area contributed by atoms with Crippen molar-refractivity contribution in [1.29, 1.82) is 0 Å². The number of halogens is 2. The highest BCUT2D eigenvalue weighted by Gasteiger charge is 2.44. The van der Waals surface area contributed by atoms with Crippen LogP contribution >= 0.6 is 34.2 Å². The van der Waals surface area contributed by atoms with Crippen molar-refractivity contribution in [3.05, 3.63) is 32.4 Å². The van der Waals surface area contributed by atoms with Gasteiger partial charge in [0, 0.05) is 9.61 Å². The summed E-state index contributed by atoms with van der Waals surface area (Å²) in [4.78, 5) is 34.1. The van der Waals surface area contributed by atoms with Crippen LogP contribution in [0.15, 0.2) is 23.2 Å². The zero-order chi connectivity index (χ0) is 23.0. The topological polar surface area (TPSA) is 74.2 Å². The lowest BCUT2D eigenvalue weighted by molar-refractivity contribution is -0.133. The number of aliphatic imine (C=N–C) groups is 1. The molecule has 0 saturated carbocycles. The molecule has 1 atom stereocenters. The Balaban J connectivity index is 1.99. The van der Waals surface area contributed by atoms with Crippen LogP contribution in [-0.4, -0.2) is 59.5 Å². The minimum Gasteiger partial charge on any atom is -0.442 e. The molecular weight excluding hydrogens is 531 g/mol. The van der Waals surface area contributed by atoms with Gasteiger partial charge in [0.15, 0.2) is 0 Å².